The molecule has 2 N–H and O–H groups in total. The lowest BCUT2D eigenvalue weighted by molar-refractivity contribution is 0.0730. The van der Waals surface area contributed by atoms with E-state index in [1.54, 1.807) is 30.3 Å². The zero-order valence-electron chi connectivity index (χ0n) is 22.4. The SMILES string of the molecule is COc1ccc(Cl)cc1C(=O)Oc1ccc(Br)cc1C=NNC(=O)c1[nH]c2c(C)cc(C)cc2c1-c1ccccc1. The molecule has 0 fully saturated rings. The van der Waals surface area contributed by atoms with E-state index in [1.807, 2.05) is 44.2 Å². The third-order valence-electron chi connectivity index (χ3n) is 6.46. The Morgan fingerprint density at radius 3 is 2.49 bits per heavy atom. The van der Waals surface area contributed by atoms with E-state index >= 15 is 0 Å². The number of rotatable bonds is 7. The van der Waals surface area contributed by atoms with Crippen LogP contribution in [0.15, 0.2) is 88.4 Å². The molecule has 5 rings (SSSR count). The summed E-state index contributed by atoms with van der Waals surface area (Å²) < 4.78 is 11.7. The fourth-order valence-electron chi connectivity index (χ4n) is 4.65. The van der Waals surface area contributed by atoms with Crippen molar-refractivity contribution in [2.75, 3.05) is 7.11 Å². The van der Waals surface area contributed by atoms with Crippen molar-refractivity contribution in [3.05, 3.63) is 116 Å². The number of carbonyl (C=O) groups excluding carboxylic acids is 2. The minimum absolute atomic E-state index is 0.178. The largest absolute Gasteiger partial charge is 0.496 e. The highest BCUT2D eigenvalue weighted by Gasteiger charge is 2.21. The maximum Gasteiger partial charge on any atom is 0.347 e. The van der Waals surface area contributed by atoms with Gasteiger partial charge in [0.05, 0.1) is 13.3 Å². The van der Waals surface area contributed by atoms with Crippen LogP contribution in [0.25, 0.3) is 22.0 Å². The third kappa shape index (κ3) is 6.04. The van der Waals surface area contributed by atoms with Crippen molar-refractivity contribution in [3.8, 4) is 22.6 Å². The predicted octanol–water partition coefficient (Wildman–Crippen LogP) is 7.86. The monoisotopic (exact) mass is 629 g/mol. The molecule has 1 amide bonds. The summed E-state index contributed by atoms with van der Waals surface area (Å²) in [7, 11) is 1.46. The Bertz CT molecular complexity index is 1820. The number of H-pyrrole nitrogens is 1. The van der Waals surface area contributed by atoms with E-state index in [9.17, 15) is 9.59 Å². The number of aromatic nitrogens is 1. The Balaban J connectivity index is 1.44. The number of nitrogens with zero attached hydrogens (tertiary/aromatic N) is 1. The van der Waals surface area contributed by atoms with Crippen LogP contribution >= 0.6 is 27.5 Å². The number of hydrogen-bond donors (Lipinski definition) is 2. The number of halogens is 2. The second-order valence-corrected chi connectivity index (χ2v) is 10.7. The van der Waals surface area contributed by atoms with E-state index in [1.165, 1.54) is 19.4 Å². The minimum atomic E-state index is -0.651. The average Bonchev–Trinajstić information content (AvgIpc) is 3.34. The lowest BCUT2D eigenvalue weighted by Crippen LogP contribution is -2.19. The first-order chi connectivity index (χ1) is 19.7. The van der Waals surface area contributed by atoms with Crippen LogP contribution in [0.1, 0.15) is 37.5 Å². The van der Waals surface area contributed by atoms with Crippen LogP contribution in [0.2, 0.25) is 5.02 Å². The van der Waals surface area contributed by atoms with E-state index in [-0.39, 0.29) is 11.3 Å². The van der Waals surface area contributed by atoms with Crippen molar-refractivity contribution < 1.29 is 19.1 Å². The van der Waals surface area contributed by atoms with Gasteiger partial charge in [-0.1, -0.05) is 69.5 Å². The molecule has 0 spiro atoms. The molecule has 0 unspecified atom stereocenters. The number of hydrogen-bond acceptors (Lipinski definition) is 5. The number of hydrazone groups is 1. The molecule has 41 heavy (non-hydrogen) atoms. The van der Waals surface area contributed by atoms with Gasteiger partial charge in [-0.2, -0.15) is 5.10 Å². The molecule has 5 aromatic rings. The summed E-state index contributed by atoms with van der Waals surface area (Å²) in [5.74, 6) is -0.496. The van der Waals surface area contributed by atoms with E-state index < -0.39 is 11.9 Å². The second-order valence-electron chi connectivity index (χ2n) is 9.36. The first-order valence-corrected chi connectivity index (χ1v) is 13.8. The van der Waals surface area contributed by atoms with Gasteiger partial charge in [0, 0.05) is 31.5 Å². The number of carbonyl (C=O) groups is 2. The van der Waals surface area contributed by atoms with Crippen LogP contribution in [0.3, 0.4) is 0 Å². The van der Waals surface area contributed by atoms with Gasteiger partial charge in [-0.3, -0.25) is 4.79 Å². The normalized spacial score (nSPS) is 11.1. The topological polar surface area (TPSA) is 92.8 Å². The smallest absolute Gasteiger partial charge is 0.347 e. The van der Waals surface area contributed by atoms with Gasteiger partial charge in [-0.05, 0) is 67.4 Å². The van der Waals surface area contributed by atoms with Crippen molar-refractivity contribution in [2.24, 2.45) is 5.10 Å². The zero-order chi connectivity index (χ0) is 29.1. The van der Waals surface area contributed by atoms with Gasteiger partial charge in [0.15, 0.2) is 0 Å². The van der Waals surface area contributed by atoms with Crippen molar-refractivity contribution in [2.45, 2.75) is 13.8 Å². The fraction of sp³-hybridized carbons (Fsp3) is 0.0938. The Labute approximate surface area is 250 Å². The van der Waals surface area contributed by atoms with Gasteiger partial charge in [0.2, 0.25) is 0 Å². The van der Waals surface area contributed by atoms with Crippen molar-refractivity contribution in [1.82, 2.24) is 10.4 Å². The first-order valence-electron chi connectivity index (χ1n) is 12.6. The average molecular weight is 631 g/mol. The fourth-order valence-corrected chi connectivity index (χ4v) is 5.20. The molecule has 206 valence electrons. The highest BCUT2D eigenvalue weighted by molar-refractivity contribution is 9.10. The molecular weight excluding hydrogens is 606 g/mol. The summed E-state index contributed by atoms with van der Waals surface area (Å²) in [4.78, 5) is 29.7. The quantitative estimate of drug-likeness (QED) is 0.0829. The third-order valence-corrected chi connectivity index (χ3v) is 7.19. The maximum absolute atomic E-state index is 13.4. The standard InChI is InChI=1S/C32H25BrClN3O4/c1-18-13-19(2)29-25(14-18)28(20-7-5-4-6-8-20)30(36-29)31(38)37-35-17-21-15-22(33)9-11-26(21)41-32(39)24-16-23(34)10-12-27(24)40-3/h4-17,36H,1-3H3,(H,37,38). The molecule has 0 atom stereocenters. The molecule has 9 heteroatoms. The molecule has 0 saturated carbocycles. The number of aromatic amines is 1. The van der Waals surface area contributed by atoms with Crippen molar-refractivity contribution in [1.29, 1.82) is 0 Å². The molecular formula is C32H25BrClN3O4. The lowest BCUT2D eigenvalue weighted by atomic mass is 9.99. The summed E-state index contributed by atoms with van der Waals surface area (Å²) in [5, 5.41) is 5.52. The Hall–Kier alpha value is -4.40. The number of methoxy groups -OCH3 is 1. The highest BCUT2D eigenvalue weighted by Crippen LogP contribution is 2.35. The number of nitrogens with one attached hydrogen (secondary N) is 2. The van der Waals surface area contributed by atoms with Gasteiger partial charge < -0.3 is 14.5 Å². The summed E-state index contributed by atoms with van der Waals surface area (Å²) in [6, 6.07) is 23.6. The Morgan fingerprint density at radius 2 is 1.73 bits per heavy atom. The second kappa shape index (κ2) is 12.0. The van der Waals surface area contributed by atoms with Gasteiger partial charge in [0.1, 0.15) is 22.8 Å². The lowest BCUT2D eigenvalue weighted by Gasteiger charge is -2.11. The van der Waals surface area contributed by atoms with Gasteiger partial charge >= 0.3 is 5.97 Å². The van der Waals surface area contributed by atoms with Crippen LogP contribution in [0.5, 0.6) is 11.5 Å². The molecule has 7 nitrogen and oxygen atoms in total. The maximum atomic E-state index is 13.4. The molecule has 0 saturated heterocycles. The van der Waals surface area contributed by atoms with Crippen molar-refractivity contribution in [3.63, 3.8) is 0 Å². The van der Waals surface area contributed by atoms with Crippen LogP contribution in [-0.4, -0.2) is 30.2 Å². The number of benzene rings is 4. The molecule has 0 bridgehead atoms. The van der Waals surface area contributed by atoms with Crippen LogP contribution in [0.4, 0.5) is 0 Å². The predicted molar refractivity (Wildman–Crippen MR) is 165 cm³/mol. The number of ether oxygens (including phenoxy) is 2. The van der Waals surface area contributed by atoms with Crippen molar-refractivity contribution >= 4 is 56.5 Å². The van der Waals surface area contributed by atoms with E-state index in [4.69, 9.17) is 21.1 Å². The zero-order valence-corrected chi connectivity index (χ0v) is 24.8. The summed E-state index contributed by atoms with van der Waals surface area (Å²) in [6.07, 6.45) is 1.42. The summed E-state index contributed by atoms with van der Waals surface area (Å²) in [6.45, 7) is 4.04. The summed E-state index contributed by atoms with van der Waals surface area (Å²) in [5.41, 5.74) is 8.39. The Morgan fingerprint density at radius 1 is 0.976 bits per heavy atom. The minimum Gasteiger partial charge on any atom is -0.496 e. The van der Waals surface area contributed by atoms with E-state index in [0.717, 1.165) is 37.6 Å². The van der Waals surface area contributed by atoms with Gasteiger partial charge in [-0.25, -0.2) is 10.2 Å². The van der Waals surface area contributed by atoms with Crippen LogP contribution in [0, 0.1) is 13.8 Å². The van der Waals surface area contributed by atoms with Crippen LogP contribution in [-0.2, 0) is 0 Å². The molecule has 1 aromatic heterocycles. The Kier molecular flexibility index (Phi) is 8.23. The molecule has 0 aliphatic heterocycles. The molecule has 4 aromatic carbocycles. The van der Waals surface area contributed by atoms with Crippen LogP contribution < -0.4 is 14.9 Å². The number of esters is 1. The van der Waals surface area contributed by atoms with Gasteiger partial charge in [-0.15, -0.1) is 0 Å². The molecule has 0 aliphatic carbocycles. The van der Waals surface area contributed by atoms with Gasteiger partial charge in [0.25, 0.3) is 5.91 Å². The molecule has 0 radical (unpaired) electrons. The first kappa shape index (κ1) is 28.1. The summed E-state index contributed by atoms with van der Waals surface area (Å²) >= 11 is 9.51. The number of fused-ring (bicyclic) bond motifs is 1. The number of aryl methyl sites for hydroxylation is 2. The number of amides is 1. The van der Waals surface area contributed by atoms with E-state index in [0.29, 0.717) is 22.0 Å². The van der Waals surface area contributed by atoms with E-state index in [2.05, 4.69) is 43.6 Å². The molecule has 0 aliphatic rings. The molecule has 1 heterocycles. The highest BCUT2D eigenvalue weighted by atomic mass is 79.9.